The summed E-state index contributed by atoms with van der Waals surface area (Å²) in [7, 11) is -3.18. The van der Waals surface area contributed by atoms with E-state index in [9.17, 15) is 12.8 Å². The van der Waals surface area contributed by atoms with Crippen molar-refractivity contribution in [3.63, 3.8) is 0 Å². The molecule has 1 aromatic rings. The summed E-state index contributed by atoms with van der Waals surface area (Å²) in [6.07, 6.45) is 0. The third-order valence-corrected chi connectivity index (χ3v) is 3.92. The minimum atomic E-state index is -3.18. The maximum Gasteiger partial charge on any atom is 0.151 e. The molecule has 0 saturated heterocycles. The summed E-state index contributed by atoms with van der Waals surface area (Å²) in [6, 6.07) is 5.16. The van der Waals surface area contributed by atoms with E-state index in [0.717, 1.165) is 0 Å². The zero-order valence-electron chi connectivity index (χ0n) is 8.48. The van der Waals surface area contributed by atoms with Gasteiger partial charge < -0.3 is 5.73 Å². The predicted octanol–water partition coefficient (Wildman–Crippen LogP) is 1.26. The third kappa shape index (κ3) is 3.28. The van der Waals surface area contributed by atoms with Crippen LogP contribution in [0.5, 0.6) is 0 Å². The molecule has 2 N–H and O–H groups in total. The molecule has 0 unspecified atom stereocenters. The Labute approximate surface area is 89.0 Å². The Hall–Kier alpha value is -0.940. The van der Waals surface area contributed by atoms with Crippen LogP contribution in [0.4, 0.5) is 4.39 Å². The van der Waals surface area contributed by atoms with Crippen LogP contribution in [0.3, 0.4) is 0 Å². The summed E-state index contributed by atoms with van der Waals surface area (Å²) >= 11 is 0. The van der Waals surface area contributed by atoms with E-state index in [2.05, 4.69) is 0 Å². The molecule has 3 nitrogen and oxygen atoms in total. The lowest BCUT2D eigenvalue weighted by atomic mass is 10.1. The molecule has 0 fully saturated rings. The van der Waals surface area contributed by atoms with Gasteiger partial charge in [-0.2, -0.15) is 0 Å². The van der Waals surface area contributed by atoms with Crippen molar-refractivity contribution in [2.75, 3.05) is 11.5 Å². The van der Waals surface area contributed by atoms with Crippen LogP contribution in [0, 0.1) is 5.82 Å². The second-order valence-corrected chi connectivity index (χ2v) is 5.72. The first-order valence-corrected chi connectivity index (χ1v) is 6.49. The van der Waals surface area contributed by atoms with Gasteiger partial charge in [-0.05, 0) is 6.07 Å². The van der Waals surface area contributed by atoms with E-state index in [1.54, 1.807) is 19.1 Å². The molecule has 0 radical (unpaired) electrons. The molecule has 84 valence electrons. The standard InChI is InChI=1S/C10H14FNO2S/c1-2-15(13,14)7-10(12)8-5-3-4-6-9(8)11/h3-6,10H,2,7,12H2,1H3/t10-/m0/s1. The molecular formula is C10H14FNO2S. The first kappa shape index (κ1) is 12.1. The monoisotopic (exact) mass is 231 g/mol. The number of nitrogens with two attached hydrogens (primary N) is 1. The van der Waals surface area contributed by atoms with Gasteiger partial charge in [0.15, 0.2) is 9.84 Å². The topological polar surface area (TPSA) is 60.2 Å². The van der Waals surface area contributed by atoms with E-state index in [1.165, 1.54) is 12.1 Å². The summed E-state index contributed by atoms with van der Waals surface area (Å²) in [5.41, 5.74) is 5.88. The number of hydrogen-bond acceptors (Lipinski definition) is 3. The van der Waals surface area contributed by atoms with Crippen LogP contribution in [0.2, 0.25) is 0 Å². The molecule has 0 heterocycles. The van der Waals surface area contributed by atoms with Gasteiger partial charge in [-0.3, -0.25) is 0 Å². The van der Waals surface area contributed by atoms with Gasteiger partial charge in [0, 0.05) is 17.4 Å². The highest BCUT2D eigenvalue weighted by molar-refractivity contribution is 7.91. The van der Waals surface area contributed by atoms with Gasteiger partial charge in [-0.1, -0.05) is 25.1 Å². The number of sulfone groups is 1. The van der Waals surface area contributed by atoms with Crippen LogP contribution in [0.1, 0.15) is 18.5 Å². The Morgan fingerprint density at radius 3 is 2.53 bits per heavy atom. The molecule has 1 atom stereocenters. The van der Waals surface area contributed by atoms with Gasteiger partial charge >= 0.3 is 0 Å². The lowest BCUT2D eigenvalue weighted by Gasteiger charge is -2.12. The molecule has 15 heavy (non-hydrogen) atoms. The fourth-order valence-electron chi connectivity index (χ4n) is 1.26. The maximum atomic E-state index is 13.2. The summed E-state index contributed by atoms with van der Waals surface area (Å²) < 4.78 is 35.8. The van der Waals surface area contributed by atoms with E-state index in [4.69, 9.17) is 5.73 Å². The Morgan fingerprint density at radius 2 is 2.00 bits per heavy atom. The first-order chi connectivity index (χ1) is 6.96. The summed E-state index contributed by atoms with van der Waals surface area (Å²) in [4.78, 5) is 0. The maximum absolute atomic E-state index is 13.2. The van der Waals surface area contributed by atoms with Gasteiger partial charge in [0.2, 0.25) is 0 Å². The normalized spacial score (nSPS) is 13.8. The van der Waals surface area contributed by atoms with Crippen molar-refractivity contribution in [3.8, 4) is 0 Å². The van der Waals surface area contributed by atoms with Gasteiger partial charge in [0.1, 0.15) is 5.82 Å². The van der Waals surface area contributed by atoms with Crippen molar-refractivity contribution in [2.24, 2.45) is 5.73 Å². The Balaban J connectivity index is 2.87. The largest absolute Gasteiger partial charge is 0.323 e. The molecule has 5 heteroatoms. The quantitative estimate of drug-likeness (QED) is 0.848. The molecule has 1 aromatic carbocycles. The smallest absolute Gasteiger partial charge is 0.151 e. The van der Waals surface area contributed by atoms with Crippen LogP contribution in [-0.4, -0.2) is 19.9 Å². The zero-order valence-corrected chi connectivity index (χ0v) is 9.30. The van der Waals surface area contributed by atoms with Crippen molar-refractivity contribution in [1.82, 2.24) is 0 Å². The SMILES string of the molecule is CCS(=O)(=O)C[C@H](N)c1ccccc1F. The number of rotatable bonds is 4. The molecule has 0 aromatic heterocycles. The molecule has 0 spiro atoms. The molecule has 0 aliphatic rings. The van der Waals surface area contributed by atoms with Crippen molar-refractivity contribution in [2.45, 2.75) is 13.0 Å². The van der Waals surface area contributed by atoms with Gasteiger partial charge in [-0.25, -0.2) is 12.8 Å². The third-order valence-electron chi connectivity index (χ3n) is 2.18. The first-order valence-electron chi connectivity index (χ1n) is 4.66. The minimum Gasteiger partial charge on any atom is -0.323 e. The number of hydrogen-bond donors (Lipinski definition) is 1. The van der Waals surface area contributed by atoms with Crippen molar-refractivity contribution in [3.05, 3.63) is 35.6 Å². The summed E-state index contributed by atoms with van der Waals surface area (Å²) in [6.45, 7) is 1.55. The summed E-state index contributed by atoms with van der Waals surface area (Å²) in [5.74, 6) is -0.657. The van der Waals surface area contributed by atoms with Crippen LogP contribution < -0.4 is 5.73 Å². The molecule has 0 amide bonds. The van der Waals surface area contributed by atoms with Gasteiger partial charge in [0.25, 0.3) is 0 Å². The lowest BCUT2D eigenvalue weighted by Crippen LogP contribution is -2.23. The lowest BCUT2D eigenvalue weighted by molar-refractivity contribution is 0.576. The van der Waals surface area contributed by atoms with E-state index in [0.29, 0.717) is 0 Å². The molecule has 0 saturated carbocycles. The van der Waals surface area contributed by atoms with Crippen LogP contribution in [0.25, 0.3) is 0 Å². The van der Waals surface area contributed by atoms with Gasteiger partial charge in [-0.15, -0.1) is 0 Å². The van der Waals surface area contributed by atoms with Crippen LogP contribution in [0.15, 0.2) is 24.3 Å². The predicted molar refractivity (Wildman–Crippen MR) is 57.7 cm³/mol. The second-order valence-electron chi connectivity index (χ2n) is 3.33. The minimum absolute atomic E-state index is 0.0230. The zero-order chi connectivity index (χ0) is 11.5. The average molecular weight is 231 g/mol. The fourth-order valence-corrected chi connectivity index (χ4v) is 2.22. The van der Waals surface area contributed by atoms with Crippen molar-refractivity contribution in [1.29, 1.82) is 0 Å². The van der Waals surface area contributed by atoms with Crippen LogP contribution >= 0.6 is 0 Å². The molecular weight excluding hydrogens is 217 g/mol. The molecule has 1 rings (SSSR count). The fraction of sp³-hybridized carbons (Fsp3) is 0.400. The Bertz CT molecular complexity index is 431. The second kappa shape index (κ2) is 4.72. The molecule has 0 aliphatic carbocycles. The van der Waals surface area contributed by atoms with Crippen LogP contribution in [-0.2, 0) is 9.84 Å². The Morgan fingerprint density at radius 1 is 1.40 bits per heavy atom. The number of benzene rings is 1. The van der Waals surface area contributed by atoms with E-state index < -0.39 is 21.7 Å². The number of halogens is 1. The average Bonchev–Trinajstić information content (AvgIpc) is 2.17. The molecule has 0 bridgehead atoms. The Kier molecular flexibility index (Phi) is 3.82. The van der Waals surface area contributed by atoms with Crippen molar-refractivity contribution >= 4 is 9.84 Å². The highest BCUT2D eigenvalue weighted by Gasteiger charge is 2.17. The highest BCUT2D eigenvalue weighted by atomic mass is 32.2. The van der Waals surface area contributed by atoms with E-state index in [-0.39, 0.29) is 17.1 Å². The highest BCUT2D eigenvalue weighted by Crippen LogP contribution is 2.16. The molecule has 0 aliphatic heterocycles. The van der Waals surface area contributed by atoms with E-state index in [1.807, 2.05) is 0 Å². The van der Waals surface area contributed by atoms with Crippen molar-refractivity contribution < 1.29 is 12.8 Å². The van der Waals surface area contributed by atoms with Gasteiger partial charge in [0.05, 0.1) is 5.75 Å². The summed E-state index contributed by atoms with van der Waals surface area (Å²) in [5, 5.41) is 0. The van der Waals surface area contributed by atoms with E-state index >= 15 is 0 Å².